The molecule has 1 saturated heterocycles. The van der Waals surface area contributed by atoms with Gasteiger partial charge < -0.3 is 15.3 Å². The minimum absolute atomic E-state index is 0.00344. The number of hydrogen-bond donors (Lipinski definition) is 2. The van der Waals surface area contributed by atoms with Crippen molar-refractivity contribution >= 4 is 11.6 Å². The van der Waals surface area contributed by atoms with Crippen molar-refractivity contribution in [3.05, 3.63) is 29.3 Å². The van der Waals surface area contributed by atoms with Gasteiger partial charge in [-0.05, 0) is 25.0 Å². The third-order valence-electron chi connectivity index (χ3n) is 3.60. The number of aliphatic hydroxyl groups is 1. The molecule has 21 heavy (non-hydrogen) atoms. The standard InChI is InChI=1S/C14H17F3N2O2/c1-18-12-10(3-2-4-11(12)14(15,16)17)13(21)19-7-5-9(20)6-8-19/h2-4,9,18,20H,5-8H2,1H3. The number of nitrogens with zero attached hydrogens (tertiary/aromatic N) is 1. The normalized spacial score (nSPS) is 16.9. The number of amides is 1. The Morgan fingerprint density at radius 1 is 1.33 bits per heavy atom. The number of anilines is 1. The lowest BCUT2D eigenvalue weighted by molar-refractivity contribution is -0.136. The molecule has 2 N–H and O–H groups in total. The highest BCUT2D eigenvalue weighted by atomic mass is 19.4. The zero-order chi connectivity index (χ0) is 15.6. The molecule has 0 bridgehead atoms. The van der Waals surface area contributed by atoms with Gasteiger partial charge in [-0.3, -0.25) is 4.79 Å². The van der Waals surface area contributed by atoms with Gasteiger partial charge in [-0.15, -0.1) is 0 Å². The Balaban J connectivity index is 2.33. The van der Waals surface area contributed by atoms with Gasteiger partial charge in [0, 0.05) is 20.1 Å². The Morgan fingerprint density at radius 3 is 2.48 bits per heavy atom. The number of piperidine rings is 1. The summed E-state index contributed by atoms with van der Waals surface area (Å²) in [6.07, 6.45) is -4.08. The molecule has 1 aromatic rings. The second-order valence-electron chi connectivity index (χ2n) is 5.00. The fraction of sp³-hybridized carbons (Fsp3) is 0.500. The summed E-state index contributed by atoms with van der Waals surface area (Å²) in [5, 5.41) is 11.9. The summed E-state index contributed by atoms with van der Waals surface area (Å²) in [4.78, 5) is 13.9. The largest absolute Gasteiger partial charge is 0.418 e. The lowest BCUT2D eigenvalue weighted by Crippen LogP contribution is -2.40. The summed E-state index contributed by atoms with van der Waals surface area (Å²) >= 11 is 0. The molecule has 2 rings (SSSR count). The zero-order valence-electron chi connectivity index (χ0n) is 11.6. The highest BCUT2D eigenvalue weighted by Gasteiger charge is 2.35. The van der Waals surface area contributed by atoms with Crippen molar-refractivity contribution in [1.29, 1.82) is 0 Å². The molecule has 116 valence electrons. The van der Waals surface area contributed by atoms with Crippen molar-refractivity contribution in [1.82, 2.24) is 4.90 Å². The molecule has 0 radical (unpaired) electrons. The van der Waals surface area contributed by atoms with Crippen molar-refractivity contribution in [2.24, 2.45) is 0 Å². The molecule has 7 heteroatoms. The molecule has 1 aromatic carbocycles. The molecule has 0 aliphatic carbocycles. The molecular formula is C14H17F3N2O2. The van der Waals surface area contributed by atoms with E-state index in [2.05, 4.69) is 5.32 Å². The van der Waals surface area contributed by atoms with E-state index in [1.54, 1.807) is 0 Å². The molecule has 1 heterocycles. The number of hydrogen-bond acceptors (Lipinski definition) is 3. The first kappa shape index (κ1) is 15.6. The van der Waals surface area contributed by atoms with Crippen molar-refractivity contribution in [3.63, 3.8) is 0 Å². The van der Waals surface area contributed by atoms with Crippen molar-refractivity contribution in [2.75, 3.05) is 25.5 Å². The topological polar surface area (TPSA) is 52.6 Å². The quantitative estimate of drug-likeness (QED) is 0.881. The van der Waals surface area contributed by atoms with Crippen LogP contribution in [0.1, 0.15) is 28.8 Å². The van der Waals surface area contributed by atoms with Gasteiger partial charge >= 0.3 is 6.18 Å². The maximum atomic E-state index is 13.0. The van der Waals surface area contributed by atoms with Crippen LogP contribution in [0.25, 0.3) is 0 Å². The number of halogens is 3. The van der Waals surface area contributed by atoms with Gasteiger partial charge in [0.1, 0.15) is 0 Å². The molecule has 0 atom stereocenters. The van der Waals surface area contributed by atoms with Gasteiger partial charge in [-0.1, -0.05) is 6.07 Å². The molecule has 4 nitrogen and oxygen atoms in total. The van der Waals surface area contributed by atoms with Crippen LogP contribution in [0.5, 0.6) is 0 Å². The Morgan fingerprint density at radius 2 is 1.95 bits per heavy atom. The first-order valence-corrected chi connectivity index (χ1v) is 6.70. The summed E-state index contributed by atoms with van der Waals surface area (Å²) in [5.74, 6) is -0.447. The second-order valence-corrected chi connectivity index (χ2v) is 5.00. The van der Waals surface area contributed by atoms with Gasteiger partial charge in [0.05, 0.1) is 22.9 Å². The summed E-state index contributed by atoms with van der Waals surface area (Å²) < 4.78 is 38.9. The van der Waals surface area contributed by atoms with E-state index in [1.165, 1.54) is 24.1 Å². The van der Waals surface area contributed by atoms with E-state index in [9.17, 15) is 23.1 Å². The molecule has 0 spiro atoms. The van der Waals surface area contributed by atoms with E-state index < -0.39 is 23.8 Å². The van der Waals surface area contributed by atoms with Gasteiger partial charge in [-0.2, -0.15) is 13.2 Å². The van der Waals surface area contributed by atoms with Crippen LogP contribution in [0, 0.1) is 0 Å². The van der Waals surface area contributed by atoms with E-state index in [1.807, 2.05) is 0 Å². The molecule has 0 aromatic heterocycles. The van der Waals surface area contributed by atoms with Gasteiger partial charge in [0.2, 0.25) is 0 Å². The average Bonchev–Trinajstić information content (AvgIpc) is 2.45. The third-order valence-corrected chi connectivity index (χ3v) is 3.60. The van der Waals surface area contributed by atoms with E-state index in [-0.39, 0.29) is 11.3 Å². The van der Waals surface area contributed by atoms with Crippen LogP contribution < -0.4 is 5.32 Å². The lowest BCUT2D eigenvalue weighted by atomic mass is 10.0. The van der Waals surface area contributed by atoms with Crippen LogP contribution in [0.15, 0.2) is 18.2 Å². The van der Waals surface area contributed by atoms with Crippen molar-refractivity contribution < 1.29 is 23.1 Å². The zero-order valence-corrected chi connectivity index (χ0v) is 11.6. The summed E-state index contributed by atoms with van der Waals surface area (Å²) in [6.45, 7) is 0.693. The molecule has 1 amide bonds. The highest BCUT2D eigenvalue weighted by molar-refractivity contribution is 6.00. The van der Waals surface area contributed by atoms with E-state index in [0.717, 1.165) is 6.07 Å². The molecule has 0 unspecified atom stereocenters. The van der Waals surface area contributed by atoms with E-state index in [4.69, 9.17) is 0 Å². The number of rotatable bonds is 2. The molecule has 1 aliphatic heterocycles. The molecule has 1 fully saturated rings. The van der Waals surface area contributed by atoms with Crippen LogP contribution in [-0.2, 0) is 6.18 Å². The summed E-state index contributed by atoms with van der Waals surface area (Å²) in [7, 11) is 1.36. The number of likely N-dealkylation sites (tertiary alicyclic amines) is 1. The maximum absolute atomic E-state index is 13.0. The minimum Gasteiger partial charge on any atom is -0.393 e. The van der Waals surface area contributed by atoms with E-state index >= 15 is 0 Å². The number of alkyl halides is 3. The van der Waals surface area contributed by atoms with Crippen LogP contribution >= 0.6 is 0 Å². The fourth-order valence-corrected chi connectivity index (χ4v) is 2.48. The average molecular weight is 302 g/mol. The van der Waals surface area contributed by atoms with Crippen LogP contribution in [0.3, 0.4) is 0 Å². The van der Waals surface area contributed by atoms with Crippen molar-refractivity contribution in [2.45, 2.75) is 25.1 Å². The fourth-order valence-electron chi connectivity index (χ4n) is 2.48. The molecule has 1 aliphatic rings. The Hall–Kier alpha value is -1.76. The second kappa shape index (κ2) is 5.93. The number of benzene rings is 1. The summed E-state index contributed by atoms with van der Waals surface area (Å²) in [5.41, 5.74) is -1.06. The van der Waals surface area contributed by atoms with Gasteiger partial charge in [0.15, 0.2) is 0 Å². The summed E-state index contributed by atoms with van der Waals surface area (Å²) in [6, 6.07) is 3.56. The van der Waals surface area contributed by atoms with Crippen LogP contribution in [-0.4, -0.2) is 42.2 Å². The predicted molar refractivity (Wildman–Crippen MR) is 72.1 cm³/mol. The monoisotopic (exact) mass is 302 g/mol. The number of carbonyl (C=O) groups is 1. The molecule has 0 saturated carbocycles. The predicted octanol–water partition coefficient (Wildman–Crippen LogP) is 2.34. The Kier molecular flexibility index (Phi) is 4.41. The first-order valence-electron chi connectivity index (χ1n) is 6.70. The highest BCUT2D eigenvalue weighted by Crippen LogP contribution is 2.37. The van der Waals surface area contributed by atoms with E-state index in [0.29, 0.717) is 25.9 Å². The van der Waals surface area contributed by atoms with Crippen molar-refractivity contribution in [3.8, 4) is 0 Å². The lowest BCUT2D eigenvalue weighted by Gasteiger charge is -2.30. The smallest absolute Gasteiger partial charge is 0.393 e. The first-order chi connectivity index (χ1) is 9.84. The third kappa shape index (κ3) is 3.29. The number of carbonyl (C=O) groups excluding carboxylic acids is 1. The minimum atomic E-state index is -4.52. The van der Waals surface area contributed by atoms with Crippen LogP contribution in [0.4, 0.5) is 18.9 Å². The molecular weight excluding hydrogens is 285 g/mol. The number of aliphatic hydroxyl groups excluding tert-OH is 1. The van der Waals surface area contributed by atoms with Gasteiger partial charge in [-0.25, -0.2) is 0 Å². The number of nitrogens with one attached hydrogen (secondary N) is 1. The maximum Gasteiger partial charge on any atom is 0.418 e. The Bertz CT molecular complexity index is 523. The SMILES string of the molecule is CNc1c(C(=O)N2CCC(O)CC2)cccc1C(F)(F)F. The van der Waals surface area contributed by atoms with Crippen LogP contribution in [0.2, 0.25) is 0 Å². The van der Waals surface area contributed by atoms with Gasteiger partial charge in [0.25, 0.3) is 5.91 Å². The number of para-hydroxylation sites is 1. The Labute approximate surface area is 120 Å².